The topological polar surface area (TPSA) is 112 Å². The average Bonchev–Trinajstić information content (AvgIpc) is 3.32. The van der Waals surface area contributed by atoms with Crippen LogP contribution in [-0.2, 0) is 13.0 Å². The number of primary amides is 1. The molecule has 3 heterocycles. The number of hydrogen-bond donors (Lipinski definition) is 3. The summed E-state index contributed by atoms with van der Waals surface area (Å²) in [5, 5.41) is 15.6. The quantitative estimate of drug-likeness (QED) is 0.320. The molecule has 1 unspecified atom stereocenters. The molecule has 5 rings (SSSR count). The summed E-state index contributed by atoms with van der Waals surface area (Å²) in [6, 6.07) is 17.0. The lowest BCUT2D eigenvalue weighted by atomic mass is 10.1. The van der Waals surface area contributed by atoms with Crippen molar-refractivity contribution in [3.63, 3.8) is 0 Å². The van der Waals surface area contributed by atoms with Crippen LogP contribution in [-0.4, -0.2) is 68.8 Å². The molecule has 1 amide bonds. The van der Waals surface area contributed by atoms with E-state index in [-0.39, 0.29) is 0 Å². The van der Waals surface area contributed by atoms with Gasteiger partial charge in [-0.25, -0.2) is 4.52 Å². The first kappa shape index (κ1) is 24.8. The Morgan fingerprint density at radius 2 is 1.92 bits per heavy atom. The zero-order valence-electron chi connectivity index (χ0n) is 21.1. The fraction of sp³-hybridized carbons (Fsp3) is 0.286. The lowest BCUT2D eigenvalue weighted by molar-refractivity contribution is 0.0353. The number of para-hydroxylation sites is 1. The van der Waals surface area contributed by atoms with E-state index in [0.717, 1.165) is 48.6 Å². The van der Waals surface area contributed by atoms with Crippen molar-refractivity contribution in [2.75, 3.05) is 27.2 Å². The Kier molecular flexibility index (Phi) is 7.09. The predicted molar refractivity (Wildman–Crippen MR) is 142 cm³/mol. The van der Waals surface area contributed by atoms with Crippen LogP contribution in [0.25, 0.3) is 16.9 Å². The Morgan fingerprint density at radius 1 is 1.19 bits per heavy atom. The van der Waals surface area contributed by atoms with Gasteiger partial charge in [0.25, 0.3) is 5.91 Å². The van der Waals surface area contributed by atoms with Crippen LogP contribution >= 0.6 is 0 Å². The molecule has 0 radical (unpaired) electrons. The number of carbonyl (C=O) groups is 1. The Morgan fingerprint density at radius 3 is 2.62 bits per heavy atom. The lowest BCUT2D eigenvalue weighted by Crippen LogP contribution is -2.34. The predicted octanol–water partition coefficient (Wildman–Crippen LogP) is 3.41. The lowest BCUT2D eigenvalue weighted by Gasteiger charge is -2.24. The summed E-state index contributed by atoms with van der Waals surface area (Å²) < 4.78 is 7.67. The smallest absolute Gasteiger partial charge is 0.254 e. The molecule has 0 saturated heterocycles. The molecule has 2 aromatic heterocycles. The van der Waals surface area contributed by atoms with Gasteiger partial charge in [-0.3, -0.25) is 9.69 Å². The van der Waals surface area contributed by atoms with Crippen LogP contribution < -0.4 is 10.5 Å². The summed E-state index contributed by atoms with van der Waals surface area (Å²) >= 11 is 0. The monoisotopic (exact) mass is 500 g/mol. The number of likely N-dealkylation sites (N-methyl/N-ethyl adjacent to an activating group) is 1. The molecule has 192 valence electrons. The van der Waals surface area contributed by atoms with E-state index >= 15 is 0 Å². The number of hydrogen-bond acceptors (Lipinski definition) is 6. The second kappa shape index (κ2) is 10.6. The van der Waals surface area contributed by atoms with Gasteiger partial charge in [-0.15, -0.1) is 0 Å². The van der Waals surface area contributed by atoms with E-state index < -0.39 is 12.1 Å². The SMILES string of the molecule is CN(C)C/C=C/C(O)N1CCCc2[nH]c3c(C(N)=O)c(-c4ccc(Oc5ccccc5)cc4)nn3c2C1. The fourth-order valence-corrected chi connectivity index (χ4v) is 4.65. The minimum atomic E-state index is -0.710. The maximum Gasteiger partial charge on any atom is 0.254 e. The number of aliphatic hydroxyl groups is 1. The van der Waals surface area contributed by atoms with Crippen LogP contribution in [0.2, 0.25) is 0 Å². The van der Waals surface area contributed by atoms with E-state index in [2.05, 4.69) is 4.98 Å². The molecular weight excluding hydrogens is 468 g/mol. The minimum absolute atomic E-state index is 0.350. The van der Waals surface area contributed by atoms with Crippen molar-refractivity contribution in [3.05, 3.63) is 83.7 Å². The number of ether oxygens (including phenoxy) is 1. The molecule has 9 nitrogen and oxygen atoms in total. The first-order valence-electron chi connectivity index (χ1n) is 12.4. The molecular formula is C28H32N6O3. The van der Waals surface area contributed by atoms with Crippen molar-refractivity contribution in [2.45, 2.75) is 25.6 Å². The van der Waals surface area contributed by atoms with Gasteiger partial charge in [0.15, 0.2) is 0 Å². The number of aliphatic hydroxyl groups excluding tert-OH is 1. The first-order valence-corrected chi connectivity index (χ1v) is 12.4. The maximum atomic E-state index is 12.6. The Hall–Kier alpha value is -3.92. The summed E-state index contributed by atoms with van der Waals surface area (Å²) in [6.07, 6.45) is 4.74. The number of nitrogens with two attached hydrogens (primary N) is 1. The number of nitrogens with one attached hydrogen (secondary N) is 1. The van der Waals surface area contributed by atoms with E-state index in [4.69, 9.17) is 15.6 Å². The number of imidazole rings is 1. The van der Waals surface area contributed by atoms with Gasteiger partial charge >= 0.3 is 0 Å². The van der Waals surface area contributed by atoms with Gasteiger partial charge in [-0.05, 0) is 69.4 Å². The number of fused-ring (bicyclic) bond motifs is 3. The second-order valence-corrected chi connectivity index (χ2v) is 9.52. The second-order valence-electron chi connectivity index (χ2n) is 9.52. The summed E-state index contributed by atoms with van der Waals surface area (Å²) in [5.74, 6) is 0.880. The van der Waals surface area contributed by atoms with E-state index in [1.807, 2.05) is 90.6 Å². The summed E-state index contributed by atoms with van der Waals surface area (Å²) in [5.41, 5.74) is 9.97. The number of aromatic amines is 1. The zero-order chi connectivity index (χ0) is 25.9. The molecule has 2 aromatic carbocycles. The number of aryl methyl sites for hydroxylation is 1. The van der Waals surface area contributed by atoms with E-state index in [0.29, 0.717) is 29.2 Å². The number of benzene rings is 2. The van der Waals surface area contributed by atoms with Gasteiger partial charge in [0.05, 0.1) is 5.69 Å². The number of carbonyl (C=O) groups excluding carboxylic acids is 1. The van der Waals surface area contributed by atoms with Crippen LogP contribution in [0, 0.1) is 0 Å². The molecule has 1 atom stereocenters. The summed E-state index contributed by atoms with van der Waals surface area (Å²) in [4.78, 5) is 20.0. The zero-order valence-corrected chi connectivity index (χ0v) is 21.1. The molecule has 1 aliphatic rings. The molecule has 0 fully saturated rings. The van der Waals surface area contributed by atoms with E-state index in [1.54, 1.807) is 4.52 Å². The van der Waals surface area contributed by atoms with Crippen LogP contribution in [0.5, 0.6) is 11.5 Å². The van der Waals surface area contributed by atoms with Gasteiger partial charge in [-0.1, -0.05) is 24.3 Å². The van der Waals surface area contributed by atoms with Crippen molar-refractivity contribution in [3.8, 4) is 22.8 Å². The first-order chi connectivity index (χ1) is 17.9. The molecule has 9 heteroatoms. The summed E-state index contributed by atoms with van der Waals surface area (Å²) in [7, 11) is 3.97. The number of nitrogens with zero attached hydrogens (tertiary/aromatic N) is 4. The van der Waals surface area contributed by atoms with Gasteiger partial charge < -0.3 is 25.5 Å². The largest absolute Gasteiger partial charge is 0.457 e. The minimum Gasteiger partial charge on any atom is -0.457 e. The fourth-order valence-electron chi connectivity index (χ4n) is 4.65. The normalized spacial score (nSPS) is 15.2. The van der Waals surface area contributed by atoms with Crippen molar-refractivity contribution in [1.82, 2.24) is 24.4 Å². The average molecular weight is 501 g/mol. The standard InChI is InChI=1S/C28H32N6O3/c1-32(2)16-7-11-24(35)33-17-6-10-22-23(18-33)34-28(30-22)25(27(29)36)26(31-34)19-12-14-21(15-13-19)37-20-8-4-3-5-9-20/h3-5,7-9,11-15,24,30,35H,6,10,16-18H2,1-2H3,(H2,29,36)/b11-7+. The summed E-state index contributed by atoms with van der Waals surface area (Å²) in [6.45, 7) is 1.99. The number of rotatable bonds is 8. The molecule has 1 aliphatic heterocycles. The number of amides is 1. The Labute approximate surface area is 215 Å². The third kappa shape index (κ3) is 5.29. The molecule has 37 heavy (non-hydrogen) atoms. The Bertz CT molecular complexity index is 1410. The van der Waals surface area contributed by atoms with Crippen molar-refractivity contribution < 1.29 is 14.6 Å². The number of H-pyrrole nitrogens is 1. The third-order valence-corrected chi connectivity index (χ3v) is 6.49. The van der Waals surface area contributed by atoms with Crippen molar-refractivity contribution in [2.24, 2.45) is 5.73 Å². The highest BCUT2D eigenvalue weighted by Crippen LogP contribution is 2.31. The number of aromatic nitrogens is 3. The Balaban J connectivity index is 1.45. The highest BCUT2D eigenvalue weighted by Gasteiger charge is 2.28. The van der Waals surface area contributed by atoms with Gasteiger partial charge in [0.1, 0.15) is 34.6 Å². The van der Waals surface area contributed by atoms with Crippen LogP contribution in [0.3, 0.4) is 0 Å². The van der Waals surface area contributed by atoms with Crippen molar-refractivity contribution in [1.29, 1.82) is 0 Å². The van der Waals surface area contributed by atoms with E-state index in [9.17, 15) is 9.90 Å². The highest BCUT2D eigenvalue weighted by molar-refractivity contribution is 6.04. The highest BCUT2D eigenvalue weighted by atomic mass is 16.5. The maximum absolute atomic E-state index is 12.6. The van der Waals surface area contributed by atoms with Gasteiger partial charge in [0, 0.05) is 30.9 Å². The molecule has 0 spiro atoms. The third-order valence-electron chi connectivity index (χ3n) is 6.49. The van der Waals surface area contributed by atoms with Gasteiger partial charge in [-0.2, -0.15) is 5.10 Å². The molecule has 0 aliphatic carbocycles. The molecule has 4 aromatic rings. The van der Waals surface area contributed by atoms with Crippen LogP contribution in [0.1, 0.15) is 28.2 Å². The van der Waals surface area contributed by atoms with Gasteiger partial charge in [0.2, 0.25) is 0 Å². The molecule has 4 N–H and O–H groups in total. The van der Waals surface area contributed by atoms with Crippen LogP contribution in [0.15, 0.2) is 66.7 Å². The molecule has 0 saturated carbocycles. The molecule has 0 bridgehead atoms. The van der Waals surface area contributed by atoms with E-state index in [1.165, 1.54) is 0 Å². The van der Waals surface area contributed by atoms with Crippen LogP contribution in [0.4, 0.5) is 0 Å². The van der Waals surface area contributed by atoms with Crippen molar-refractivity contribution >= 4 is 11.6 Å².